The molecule has 0 saturated carbocycles. The number of benzene rings is 1. The van der Waals surface area contributed by atoms with Crippen molar-refractivity contribution < 1.29 is 8.42 Å². The van der Waals surface area contributed by atoms with Crippen LogP contribution in [0.5, 0.6) is 0 Å². The van der Waals surface area contributed by atoms with Crippen molar-refractivity contribution in [3.05, 3.63) is 18.2 Å². The van der Waals surface area contributed by atoms with Crippen molar-refractivity contribution in [2.24, 2.45) is 5.92 Å². The largest absolute Gasteiger partial charge is 0.397 e. The van der Waals surface area contributed by atoms with Gasteiger partial charge in [0.05, 0.1) is 16.3 Å². The summed E-state index contributed by atoms with van der Waals surface area (Å²) < 4.78 is 25.6. The van der Waals surface area contributed by atoms with Crippen LogP contribution in [0.4, 0.5) is 11.4 Å². The fourth-order valence-corrected chi connectivity index (χ4v) is 2.63. The van der Waals surface area contributed by atoms with Crippen LogP contribution in [0.1, 0.15) is 20.3 Å². The number of anilines is 2. The summed E-state index contributed by atoms with van der Waals surface area (Å²) in [6.07, 6.45) is 1.09. The van der Waals surface area contributed by atoms with E-state index in [1.165, 1.54) is 13.1 Å². The topological polar surface area (TPSA) is 75.4 Å². The zero-order valence-corrected chi connectivity index (χ0v) is 12.8. The molecule has 1 unspecified atom stereocenters. The van der Waals surface area contributed by atoms with Crippen molar-refractivity contribution in [1.29, 1.82) is 0 Å². The second-order valence-corrected chi connectivity index (χ2v) is 6.71. The van der Waals surface area contributed by atoms with Gasteiger partial charge in [-0.3, -0.25) is 0 Å². The molecule has 1 atom stereocenters. The zero-order chi connectivity index (χ0) is 14.6. The van der Waals surface area contributed by atoms with Gasteiger partial charge in [0.1, 0.15) is 0 Å². The Morgan fingerprint density at radius 2 is 2.05 bits per heavy atom. The number of nitrogen functional groups attached to an aromatic ring is 1. The van der Waals surface area contributed by atoms with Crippen LogP contribution >= 0.6 is 0 Å². The minimum atomic E-state index is -3.44. The highest BCUT2D eigenvalue weighted by molar-refractivity contribution is 7.89. The summed E-state index contributed by atoms with van der Waals surface area (Å²) in [7, 11) is -0.0936. The maximum absolute atomic E-state index is 11.7. The number of sulfonamides is 1. The van der Waals surface area contributed by atoms with E-state index in [4.69, 9.17) is 5.73 Å². The Labute approximate surface area is 115 Å². The SMILES string of the molecule is CCC(C)CN(C)c1ccc(S(=O)(=O)NC)cc1N. The zero-order valence-electron chi connectivity index (χ0n) is 12.0. The van der Waals surface area contributed by atoms with Crippen LogP contribution in [0.15, 0.2) is 23.1 Å². The average molecular weight is 285 g/mol. The van der Waals surface area contributed by atoms with Crippen LogP contribution in [0, 0.1) is 5.92 Å². The summed E-state index contributed by atoms with van der Waals surface area (Å²) in [5.41, 5.74) is 7.29. The van der Waals surface area contributed by atoms with Crippen molar-refractivity contribution in [3.8, 4) is 0 Å². The van der Waals surface area contributed by atoms with E-state index in [1.54, 1.807) is 12.1 Å². The summed E-state index contributed by atoms with van der Waals surface area (Å²) >= 11 is 0. The number of rotatable bonds is 6. The first-order valence-corrected chi connectivity index (χ1v) is 7.84. The second-order valence-electron chi connectivity index (χ2n) is 4.82. The first-order chi connectivity index (χ1) is 8.81. The fourth-order valence-electron chi connectivity index (χ4n) is 1.86. The molecule has 0 aliphatic heterocycles. The number of nitrogens with zero attached hydrogens (tertiary/aromatic N) is 1. The minimum Gasteiger partial charge on any atom is -0.397 e. The van der Waals surface area contributed by atoms with Crippen molar-refractivity contribution in [3.63, 3.8) is 0 Å². The summed E-state index contributed by atoms with van der Waals surface area (Å²) in [6.45, 7) is 5.20. The summed E-state index contributed by atoms with van der Waals surface area (Å²) in [4.78, 5) is 2.24. The van der Waals surface area contributed by atoms with Gasteiger partial charge in [-0.2, -0.15) is 0 Å². The molecule has 0 fully saturated rings. The third kappa shape index (κ3) is 3.84. The van der Waals surface area contributed by atoms with Gasteiger partial charge >= 0.3 is 0 Å². The quantitative estimate of drug-likeness (QED) is 0.779. The van der Waals surface area contributed by atoms with Gasteiger partial charge in [-0.25, -0.2) is 13.1 Å². The smallest absolute Gasteiger partial charge is 0.240 e. The van der Waals surface area contributed by atoms with Gasteiger partial charge in [0.2, 0.25) is 10.0 Å². The van der Waals surface area contributed by atoms with Gasteiger partial charge < -0.3 is 10.6 Å². The molecule has 0 heterocycles. The standard InChI is InChI=1S/C13H23N3O2S/c1-5-10(2)9-16(4)13-7-6-11(8-12(13)14)19(17,18)15-3/h6-8,10,15H,5,9,14H2,1-4H3. The maximum Gasteiger partial charge on any atom is 0.240 e. The summed E-state index contributed by atoms with van der Waals surface area (Å²) in [6, 6.07) is 4.82. The average Bonchev–Trinajstić information content (AvgIpc) is 2.38. The minimum absolute atomic E-state index is 0.188. The van der Waals surface area contributed by atoms with Gasteiger partial charge in [0.25, 0.3) is 0 Å². The van der Waals surface area contributed by atoms with Gasteiger partial charge in [-0.15, -0.1) is 0 Å². The van der Waals surface area contributed by atoms with Gasteiger partial charge in [-0.05, 0) is 31.2 Å². The van der Waals surface area contributed by atoms with Gasteiger partial charge in [0, 0.05) is 13.6 Å². The third-order valence-electron chi connectivity index (χ3n) is 3.27. The monoisotopic (exact) mass is 285 g/mol. The number of hydrogen-bond donors (Lipinski definition) is 2. The highest BCUT2D eigenvalue weighted by Crippen LogP contribution is 2.26. The summed E-state index contributed by atoms with van der Waals surface area (Å²) in [5, 5.41) is 0. The predicted molar refractivity (Wildman–Crippen MR) is 79.8 cm³/mol. The lowest BCUT2D eigenvalue weighted by Gasteiger charge is -2.24. The number of nitrogens with two attached hydrogens (primary N) is 1. The van der Waals surface area contributed by atoms with Crippen LogP contribution in [-0.4, -0.2) is 29.1 Å². The molecule has 3 N–H and O–H groups in total. The lowest BCUT2D eigenvalue weighted by Crippen LogP contribution is -2.25. The molecule has 0 aliphatic carbocycles. The van der Waals surface area contributed by atoms with E-state index >= 15 is 0 Å². The Bertz CT molecular complexity index is 529. The predicted octanol–water partition coefficient (Wildman–Crippen LogP) is 1.66. The Morgan fingerprint density at radius 1 is 1.42 bits per heavy atom. The van der Waals surface area contributed by atoms with Crippen LogP contribution < -0.4 is 15.4 Å². The van der Waals surface area contributed by atoms with Crippen LogP contribution in [-0.2, 0) is 10.0 Å². The van der Waals surface area contributed by atoms with Crippen molar-refractivity contribution in [1.82, 2.24) is 4.72 Å². The lowest BCUT2D eigenvalue weighted by molar-refractivity contribution is 0.560. The van der Waals surface area contributed by atoms with E-state index in [0.29, 0.717) is 11.6 Å². The van der Waals surface area contributed by atoms with Crippen molar-refractivity contribution in [2.75, 3.05) is 31.3 Å². The molecule has 1 aromatic rings. The highest BCUT2D eigenvalue weighted by atomic mass is 32.2. The molecule has 0 saturated heterocycles. The molecule has 1 rings (SSSR count). The molecule has 6 heteroatoms. The molecule has 0 radical (unpaired) electrons. The highest BCUT2D eigenvalue weighted by Gasteiger charge is 2.15. The van der Waals surface area contributed by atoms with Crippen molar-refractivity contribution >= 4 is 21.4 Å². The molecule has 0 spiro atoms. The third-order valence-corrected chi connectivity index (χ3v) is 4.68. The molecule has 1 aromatic carbocycles. The Balaban J connectivity index is 3.01. The molecule has 0 aromatic heterocycles. The van der Waals surface area contributed by atoms with E-state index in [1.807, 2.05) is 7.05 Å². The molecule has 108 valence electrons. The molecule has 0 amide bonds. The van der Waals surface area contributed by atoms with Gasteiger partial charge in [-0.1, -0.05) is 20.3 Å². The Hall–Kier alpha value is -1.27. The van der Waals surface area contributed by atoms with E-state index in [-0.39, 0.29) is 4.90 Å². The maximum atomic E-state index is 11.7. The molecule has 5 nitrogen and oxygen atoms in total. The molecule has 0 bridgehead atoms. The molecule has 0 aliphatic rings. The van der Waals surface area contributed by atoms with Gasteiger partial charge in [0.15, 0.2) is 0 Å². The normalized spacial score (nSPS) is 13.3. The van der Waals surface area contributed by atoms with Crippen LogP contribution in [0.3, 0.4) is 0 Å². The van der Waals surface area contributed by atoms with E-state index < -0.39 is 10.0 Å². The van der Waals surface area contributed by atoms with Crippen molar-refractivity contribution in [2.45, 2.75) is 25.2 Å². The van der Waals surface area contributed by atoms with Crippen LogP contribution in [0.2, 0.25) is 0 Å². The molecular formula is C13H23N3O2S. The lowest BCUT2D eigenvalue weighted by atomic mass is 10.1. The van der Waals surface area contributed by atoms with E-state index in [9.17, 15) is 8.42 Å². The molecular weight excluding hydrogens is 262 g/mol. The Kier molecular flexibility index (Phi) is 5.20. The molecule has 19 heavy (non-hydrogen) atoms. The Morgan fingerprint density at radius 3 is 2.53 bits per heavy atom. The first-order valence-electron chi connectivity index (χ1n) is 6.36. The van der Waals surface area contributed by atoms with E-state index in [2.05, 4.69) is 23.5 Å². The number of nitrogens with one attached hydrogen (secondary N) is 1. The fraction of sp³-hybridized carbons (Fsp3) is 0.538. The second kappa shape index (κ2) is 6.25. The summed E-state index contributed by atoms with van der Waals surface area (Å²) in [5.74, 6) is 0.560. The first kappa shape index (κ1) is 15.8. The van der Waals surface area contributed by atoms with Crippen LogP contribution in [0.25, 0.3) is 0 Å². The number of hydrogen-bond acceptors (Lipinski definition) is 4. The van der Waals surface area contributed by atoms with E-state index in [0.717, 1.165) is 18.7 Å².